The number of para-hydroxylation sites is 1. The zero-order valence-corrected chi connectivity index (χ0v) is 12.9. The first-order valence-corrected chi connectivity index (χ1v) is 9.82. The highest BCUT2D eigenvalue weighted by Crippen LogP contribution is 2.29. The molecule has 19 heavy (non-hydrogen) atoms. The molecule has 0 saturated heterocycles. The molecule has 2 rings (SSSR count). The van der Waals surface area contributed by atoms with Crippen LogP contribution in [0.3, 0.4) is 0 Å². The SMILES string of the molecule is C[Si](C)(C)OC(C#N)c1cc2ccccc2nc1Cl. The average Bonchev–Trinajstić information content (AvgIpc) is 2.34. The van der Waals surface area contributed by atoms with Crippen LogP contribution in [-0.2, 0) is 4.43 Å². The smallest absolute Gasteiger partial charge is 0.186 e. The number of nitrogens with zero attached hydrogens (tertiary/aromatic N) is 2. The van der Waals surface area contributed by atoms with Crippen LogP contribution in [0.5, 0.6) is 0 Å². The maximum atomic E-state index is 9.30. The van der Waals surface area contributed by atoms with Gasteiger partial charge in [-0.05, 0) is 31.8 Å². The summed E-state index contributed by atoms with van der Waals surface area (Å²) in [4.78, 5) is 4.32. The van der Waals surface area contributed by atoms with Crippen LogP contribution in [0, 0.1) is 11.3 Å². The predicted octanol–water partition coefficient (Wildman–Crippen LogP) is 4.30. The molecule has 0 spiro atoms. The van der Waals surface area contributed by atoms with E-state index in [4.69, 9.17) is 16.0 Å². The Bertz CT molecular complexity index is 646. The molecule has 2 aromatic rings. The minimum atomic E-state index is -1.82. The number of aromatic nitrogens is 1. The Morgan fingerprint density at radius 3 is 2.63 bits per heavy atom. The van der Waals surface area contributed by atoms with Gasteiger partial charge in [0.25, 0.3) is 0 Å². The van der Waals surface area contributed by atoms with Crippen LogP contribution in [0.25, 0.3) is 10.9 Å². The second kappa shape index (κ2) is 5.30. The molecule has 0 N–H and O–H groups in total. The van der Waals surface area contributed by atoms with E-state index in [1.165, 1.54) is 0 Å². The van der Waals surface area contributed by atoms with E-state index in [1.54, 1.807) is 0 Å². The predicted molar refractivity (Wildman–Crippen MR) is 79.5 cm³/mol. The van der Waals surface area contributed by atoms with Crippen LogP contribution in [-0.4, -0.2) is 13.3 Å². The molecule has 1 heterocycles. The largest absolute Gasteiger partial charge is 0.399 e. The molecule has 1 aromatic carbocycles. The summed E-state index contributed by atoms with van der Waals surface area (Å²) in [6.07, 6.45) is -0.656. The molecule has 0 radical (unpaired) electrons. The molecule has 0 bridgehead atoms. The molecular weight excluding hydrogens is 276 g/mol. The van der Waals surface area contributed by atoms with Crippen molar-refractivity contribution in [2.45, 2.75) is 25.7 Å². The molecule has 1 aromatic heterocycles. The number of hydrogen-bond acceptors (Lipinski definition) is 3. The van der Waals surface area contributed by atoms with Crippen LogP contribution < -0.4 is 0 Å². The van der Waals surface area contributed by atoms with Crippen molar-refractivity contribution in [3.63, 3.8) is 0 Å². The van der Waals surface area contributed by atoms with Gasteiger partial charge in [0, 0.05) is 10.9 Å². The topological polar surface area (TPSA) is 45.9 Å². The van der Waals surface area contributed by atoms with E-state index in [1.807, 2.05) is 50.0 Å². The van der Waals surface area contributed by atoms with Crippen molar-refractivity contribution in [3.05, 3.63) is 41.0 Å². The minimum Gasteiger partial charge on any atom is -0.399 e. The highest BCUT2D eigenvalue weighted by molar-refractivity contribution is 6.69. The number of halogens is 1. The lowest BCUT2D eigenvalue weighted by Crippen LogP contribution is -2.27. The van der Waals surface area contributed by atoms with Crippen LogP contribution in [0.1, 0.15) is 11.7 Å². The zero-order chi connectivity index (χ0) is 14.0. The first kappa shape index (κ1) is 14.0. The lowest BCUT2D eigenvalue weighted by Gasteiger charge is -2.22. The van der Waals surface area contributed by atoms with Crippen molar-refractivity contribution in [1.29, 1.82) is 5.26 Å². The Hall–Kier alpha value is -1.41. The van der Waals surface area contributed by atoms with Crippen molar-refractivity contribution >= 4 is 30.8 Å². The molecule has 1 unspecified atom stereocenters. The van der Waals surface area contributed by atoms with Crippen molar-refractivity contribution in [2.75, 3.05) is 0 Å². The van der Waals surface area contributed by atoms with Gasteiger partial charge < -0.3 is 4.43 Å². The normalized spacial score (nSPS) is 13.2. The van der Waals surface area contributed by atoms with Gasteiger partial charge in [-0.1, -0.05) is 29.8 Å². The fourth-order valence-electron chi connectivity index (χ4n) is 1.81. The second-order valence-electron chi connectivity index (χ2n) is 5.30. The monoisotopic (exact) mass is 290 g/mol. The molecule has 0 saturated carbocycles. The Kier molecular flexibility index (Phi) is 3.90. The van der Waals surface area contributed by atoms with E-state index in [-0.39, 0.29) is 0 Å². The van der Waals surface area contributed by atoms with Gasteiger partial charge in [0.05, 0.1) is 11.6 Å². The van der Waals surface area contributed by atoms with Crippen LogP contribution >= 0.6 is 11.6 Å². The molecule has 0 aliphatic carbocycles. The standard InChI is InChI=1S/C14H15ClN2OSi/c1-19(2,3)18-13(9-16)11-8-10-6-4-5-7-12(10)17-14(11)15/h4-8,13H,1-3H3. The van der Waals surface area contributed by atoms with E-state index >= 15 is 0 Å². The maximum Gasteiger partial charge on any atom is 0.186 e. The van der Waals surface area contributed by atoms with Crippen molar-refractivity contribution in [2.24, 2.45) is 0 Å². The number of rotatable bonds is 3. The Morgan fingerprint density at radius 2 is 2.00 bits per heavy atom. The van der Waals surface area contributed by atoms with E-state index in [2.05, 4.69) is 11.1 Å². The third-order valence-electron chi connectivity index (χ3n) is 2.58. The van der Waals surface area contributed by atoms with E-state index in [9.17, 15) is 5.26 Å². The summed E-state index contributed by atoms with van der Waals surface area (Å²) in [7, 11) is -1.82. The van der Waals surface area contributed by atoms with Crippen LogP contribution in [0.2, 0.25) is 24.8 Å². The zero-order valence-electron chi connectivity index (χ0n) is 11.1. The van der Waals surface area contributed by atoms with Crippen molar-refractivity contribution in [3.8, 4) is 6.07 Å². The van der Waals surface area contributed by atoms with Crippen LogP contribution in [0.4, 0.5) is 0 Å². The summed E-state index contributed by atoms with van der Waals surface area (Å²) in [5.74, 6) is 0. The van der Waals surface area contributed by atoms with Gasteiger partial charge in [0.2, 0.25) is 0 Å². The molecular formula is C14H15ClN2OSi. The van der Waals surface area contributed by atoms with E-state index in [0.29, 0.717) is 10.7 Å². The molecule has 1 atom stereocenters. The second-order valence-corrected chi connectivity index (χ2v) is 10.1. The number of nitriles is 1. The Balaban J connectivity index is 2.49. The van der Waals surface area contributed by atoms with Gasteiger partial charge in [0.1, 0.15) is 5.15 Å². The lowest BCUT2D eigenvalue weighted by atomic mass is 10.1. The maximum absolute atomic E-state index is 9.30. The highest BCUT2D eigenvalue weighted by atomic mass is 35.5. The van der Waals surface area contributed by atoms with Gasteiger partial charge in [-0.15, -0.1) is 0 Å². The van der Waals surface area contributed by atoms with Gasteiger partial charge in [-0.2, -0.15) is 5.26 Å². The number of hydrogen-bond donors (Lipinski definition) is 0. The Morgan fingerprint density at radius 1 is 1.32 bits per heavy atom. The van der Waals surface area contributed by atoms with Crippen molar-refractivity contribution in [1.82, 2.24) is 4.98 Å². The lowest BCUT2D eigenvalue weighted by molar-refractivity contribution is 0.255. The molecule has 0 fully saturated rings. The van der Waals surface area contributed by atoms with Crippen LogP contribution in [0.15, 0.2) is 30.3 Å². The molecule has 0 aliphatic heterocycles. The van der Waals surface area contributed by atoms with Crippen molar-refractivity contribution < 1.29 is 4.43 Å². The van der Waals surface area contributed by atoms with Gasteiger partial charge in [0.15, 0.2) is 14.4 Å². The summed E-state index contributed by atoms with van der Waals surface area (Å²) >= 11 is 6.18. The van der Waals surface area contributed by atoms with Gasteiger partial charge in [-0.25, -0.2) is 4.98 Å². The number of benzene rings is 1. The molecule has 0 amide bonds. The third-order valence-corrected chi connectivity index (χ3v) is 3.82. The third kappa shape index (κ3) is 3.32. The van der Waals surface area contributed by atoms with Gasteiger partial charge in [-0.3, -0.25) is 0 Å². The fourth-order valence-corrected chi connectivity index (χ4v) is 2.94. The summed E-state index contributed by atoms with van der Waals surface area (Å²) in [6, 6.07) is 11.7. The number of fused-ring (bicyclic) bond motifs is 1. The quantitative estimate of drug-likeness (QED) is 0.625. The molecule has 3 nitrogen and oxygen atoms in total. The summed E-state index contributed by atoms with van der Waals surface area (Å²) < 4.78 is 5.86. The highest BCUT2D eigenvalue weighted by Gasteiger charge is 2.24. The summed E-state index contributed by atoms with van der Waals surface area (Å²) in [5, 5.41) is 10.6. The Labute approximate surface area is 118 Å². The minimum absolute atomic E-state index is 0.337. The number of pyridine rings is 1. The van der Waals surface area contributed by atoms with E-state index < -0.39 is 14.4 Å². The summed E-state index contributed by atoms with van der Waals surface area (Å²) in [5.41, 5.74) is 1.46. The molecule has 0 aliphatic rings. The first-order valence-electron chi connectivity index (χ1n) is 6.03. The van der Waals surface area contributed by atoms with Gasteiger partial charge >= 0.3 is 0 Å². The summed E-state index contributed by atoms with van der Waals surface area (Å²) in [6.45, 7) is 6.12. The average molecular weight is 291 g/mol. The molecule has 98 valence electrons. The first-order chi connectivity index (χ1) is 8.90. The molecule has 5 heteroatoms. The van der Waals surface area contributed by atoms with E-state index in [0.717, 1.165) is 10.9 Å². The fraction of sp³-hybridized carbons (Fsp3) is 0.286.